The Morgan fingerprint density at radius 1 is 1.13 bits per heavy atom. The van der Waals surface area contributed by atoms with Crippen LogP contribution in [0.15, 0.2) is 67.0 Å². The quantitative estimate of drug-likeness (QED) is 0.371. The molecule has 0 saturated carbocycles. The summed E-state index contributed by atoms with van der Waals surface area (Å²) < 4.78 is 10.9. The van der Waals surface area contributed by atoms with E-state index in [-0.39, 0.29) is 5.82 Å². The van der Waals surface area contributed by atoms with Gasteiger partial charge in [0.05, 0.1) is 29.9 Å². The smallest absolute Gasteiger partial charge is 0.418 e. The number of aromatic nitrogens is 4. The van der Waals surface area contributed by atoms with Gasteiger partial charge < -0.3 is 19.7 Å². The number of nitrogens with one attached hydrogen (secondary N) is 2. The van der Waals surface area contributed by atoms with Crippen LogP contribution in [0, 0.1) is 0 Å². The van der Waals surface area contributed by atoms with Crippen LogP contribution in [0.5, 0.6) is 11.6 Å². The zero-order chi connectivity index (χ0) is 25.9. The minimum atomic E-state index is -0.659. The summed E-state index contributed by atoms with van der Waals surface area (Å²) >= 11 is 0. The van der Waals surface area contributed by atoms with Gasteiger partial charge in [0.25, 0.3) is 0 Å². The lowest BCUT2D eigenvalue weighted by atomic mass is 10.1. The molecule has 0 spiro atoms. The number of hydrogen-bond donors (Lipinski definition) is 2. The third-order valence-corrected chi connectivity index (χ3v) is 6.49. The standard InChI is InChI=1S/C28H27N7O3/c1-2-37-25-16-30-26(34-28(36)38-21-6-4-3-5-7-21)23(32-25)15-20-14-18(10-12-29-20)22-8-9-24-27(33-22)31-19-11-13-35(24)17-19/h3-10,12,14,16,19H,2,11,13,15,17H2,1H3,(H,31,33)(H,30,34,36)/t19-/m0/s1. The Hall–Kier alpha value is -4.73. The third kappa shape index (κ3) is 5.06. The fourth-order valence-corrected chi connectivity index (χ4v) is 4.74. The van der Waals surface area contributed by atoms with Crippen molar-refractivity contribution in [3.8, 4) is 22.9 Å². The third-order valence-electron chi connectivity index (χ3n) is 6.49. The van der Waals surface area contributed by atoms with E-state index in [9.17, 15) is 4.79 Å². The first-order valence-corrected chi connectivity index (χ1v) is 12.6. The van der Waals surface area contributed by atoms with Crippen LogP contribution in [-0.4, -0.2) is 51.8 Å². The number of pyridine rings is 2. The molecule has 4 aromatic rings. The lowest BCUT2D eigenvalue weighted by Gasteiger charge is -2.28. The van der Waals surface area contributed by atoms with Gasteiger partial charge in [0, 0.05) is 43.0 Å². The largest absolute Gasteiger partial charge is 0.477 e. The van der Waals surface area contributed by atoms with E-state index in [2.05, 4.69) is 36.6 Å². The summed E-state index contributed by atoms with van der Waals surface area (Å²) in [7, 11) is 0. The predicted molar refractivity (Wildman–Crippen MR) is 144 cm³/mol. The lowest BCUT2D eigenvalue weighted by Crippen LogP contribution is -2.32. The van der Waals surface area contributed by atoms with E-state index < -0.39 is 6.09 Å². The lowest BCUT2D eigenvalue weighted by molar-refractivity contribution is 0.215. The van der Waals surface area contributed by atoms with Gasteiger partial charge in [-0.05, 0) is 49.7 Å². The van der Waals surface area contributed by atoms with Gasteiger partial charge in [-0.15, -0.1) is 0 Å². The molecule has 5 heterocycles. The second kappa shape index (κ2) is 10.3. The first-order chi connectivity index (χ1) is 18.6. The molecule has 1 atom stereocenters. The van der Waals surface area contributed by atoms with Gasteiger partial charge >= 0.3 is 6.09 Å². The SMILES string of the molecule is CCOc1cnc(NC(=O)Oc2ccccc2)c(Cc2cc(-c3ccc4c(n3)N[C@H]3CCN4C3)ccn2)n1. The summed E-state index contributed by atoms with van der Waals surface area (Å²) in [5.41, 5.74) is 4.22. The number of fused-ring (bicyclic) bond motifs is 4. The highest BCUT2D eigenvalue weighted by molar-refractivity contribution is 5.85. The van der Waals surface area contributed by atoms with Gasteiger partial charge in [0.2, 0.25) is 5.88 Å². The minimum Gasteiger partial charge on any atom is -0.477 e. The van der Waals surface area contributed by atoms with E-state index >= 15 is 0 Å². The van der Waals surface area contributed by atoms with Crippen molar-refractivity contribution in [3.63, 3.8) is 0 Å². The number of carbonyl (C=O) groups is 1. The molecule has 1 amide bonds. The molecule has 0 radical (unpaired) electrons. The summed E-state index contributed by atoms with van der Waals surface area (Å²) in [6.07, 6.45) is 4.02. The minimum absolute atomic E-state index is 0.280. The second-order valence-electron chi connectivity index (χ2n) is 9.12. The van der Waals surface area contributed by atoms with Crippen LogP contribution in [0.1, 0.15) is 24.7 Å². The number of rotatable bonds is 7. The topological polar surface area (TPSA) is 114 Å². The van der Waals surface area contributed by atoms with Crippen molar-refractivity contribution in [3.05, 3.63) is 78.4 Å². The molecule has 1 aromatic carbocycles. The van der Waals surface area contributed by atoms with Crippen molar-refractivity contribution < 1.29 is 14.3 Å². The van der Waals surface area contributed by atoms with Crippen LogP contribution in [0.2, 0.25) is 0 Å². The number of amides is 1. The van der Waals surface area contributed by atoms with Crippen molar-refractivity contribution in [1.29, 1.82) is 0 Å². The number of ether oxygens (including phenoxy) is 2. The Morgan fingerprint density at radius 2 is 2.03 bits per heavy atom. The molecule has 2 N–H and O–H groups in total. The van der Waals surface area contributed by atoms with Crippen molar-refractivity contribution in [2.45, 2.75) is 25.8 Å². The van der Waals surface area contributed by atoms with Crippen LogP contribution in [0.4, 0.5) is 22.1 Å². The molecule has 192 valence electrons. The first-order valence-electron chi connectivity index (χ1n) is 12.6. The molecule has 38 heavy (non-hydrogen) atoms. The van der Waals surface area contributed by atoms with E-state index in [1.165, 1.54) is 6.20 Å². The fraction of sp³-hybridized carbons (Fsp3) is 0.250. The number of para-hydroxylation sites is 1. The van der Waals surface area contributed by atoms with Gasteiger partial charge in [-0.1, -0.05) is 18.2 Å². The summed E-state index contributed by atoms with van der Waals surface area (Å²) in [5.74, 6) is 2.00. The Balaban J connectivity index is 1.24. The molecule has 2 aliphatic rings. The number of hydrogen-bond acceptors (Lipinski definition) is 9. The molecule has 1 fully saturated rings. The van der Waals surface area contributed by atoms with Crippen LogP contribution >= 0.6 is 0 Å². The van der Waals surface area contributed by atoms with Crippen molar-refractivity contribution in [2.75, 3.05) is 35.2 Å². The van der Waals surface area contributed by atoms with E-state index in [0.717, 1.165) is 48.0 Å². The molecule has 2 aliphatic heterocycles. The van der Waals surface area contributed by atoms with Gasteiger partial charge in [-0.3, -0.25) is 10.3 Å². The van der Waals surface area contributed by atoms with Gasteiger partial charge in [0.1, 0.15) is 5.75 Å². The van der Waals surface area contributed by atoms with E-state index in [1.54, 1.807) is 30.5 Å². The number of carbonyl (C=O) groups excluding carboxylic acids is 1. The maximum atomic E-state index is 12.5. The van der Waals surface area contributed by atoms with Crippen LogP contribution in [0.3, 0.4) is 0 Å². The number of anilines is 3. The number of nitrogens with zero attached hydrogens (tertiary/aromatic N) is 5. The van der Waals surface area contributed by atoms with Gasteiger partial charge in [0.15, 0.2) is 11.6 Å². The molecular formula is C28H27N7O3. The van der Waals surface area contributed by atoms with Crippen molar-refractivity contribution >= 4 is 23.4 Å². The molecule has 2 bridgehead atoms. The van der Waals surface area contributed by atoms with Crippen LogP contribution < -0.4 is 25.0 Å². The first kappa shape index (κ1) is 23.7. The molecular weight excluding hydrogens is 482 g/mol. The maximum absolute atomic E-state index is 12.5. The summed E-state index contributed by atoms with van der Waals surface area (Å²) in [6.45, 7) is 4.41. The fourth-order valence-electron chi connectivity index (χ4n) is 4.74. The van der Waals surface area contributed by atoms with E-state index in [0.29, 0.717) is 36.4 Å². The highest BCUT2D eigenvalue weighted by atomic mass is 16.6. The molecule has 0 unspecified atom stereocenters. The summed E-state index contributed by atoms with van der Waals surface area (Å²) in [4.78, 5) is 33.3. The normalized spacial score (nSPS) is 15.4. The average Bonchev–Trinajstić information content (AvgIpc) is 3.32. The second-order valence-corrected chi connectivity index (χ2v) is 9.12. The Kier molecular flexibility index (Phi) is 6.43. The highest BCUT2D eigenvalue weighted by Gasteiger charge is 2.30. The molecule has 10 heteroatoms. The maximum Gasteiger partial charge on any atom is 0.418 e. The predicted octanol–water partition coefficient (Wildman–Crippen LogP) is 4.54. The van der Waals surface area contributed by atoms with Gasteiger partial charge in [-0.2, -0.15) is 0 Å². The van der Waals surface area contributed by atoms with Crippen molar-refractivity contribution in [1.82, 2.24) is 19.9 Å². The van der Waals surface area contributed by atoms with E-state index in [1.807, 2.05) is 31.2 Å². The van der Waals surface area contributed by atoms with Crippen LogP contribution in [0.25, 0.3) is 11.3 Å². The van der Waals surface area contributed by atoms with Crippen LogP contribution in [-0.2, 0) is 6.42 Å². The summed E-state index contributed by atoms with van der Waals surface area (Å²) in [6, 6.07) is 17.4. The highest BCUT2D eigenvalue weighted by Crippen LogP contribution is 2.35. The average molecular weight is 510 g/mol. The Morgan fingerprint density at radius 3 is 2.89 bits per heavy atom. The monoisotopic (exact) mass is 509 g/mol. The molecule has 1 saturated heterocycles. The summed E-state index contributed by atoms with van der Waals surface area (Å²) in [5, 5.41) is 6.26. The Labute approximate surface area is 220 Å². The Bertz CT molecular complexity index is 1460. The van der Waals surface area contributed by atoms with E-state index in [4.69, 9.17) is 14.5 Å². The molecule has 10 nitrogen and oxygen atoms in total. The number of benzene rings is 1. The zero-order valence-electron chi connectivity index (χ0n) is 20.9. The van der Waals surface area contributed by atoms with Gasteiger partial charge in [-0.25, -0.2) is 19.7 Å². The molecule has 0 aliphatic carbocycles. The molecule has 3 aromatic heterocycles. The molecule has 6 rings (SSSR count). The van der Waals surface area contributed by atoms with Crippen molar-refractivity contribution in [2.24, 2.45) is 0 Å². The zero-order valence-corrected chi connectivity index (χ0v) is 20.9.